The molecule has 0 aliphatic carbocycles. The molecule has 2 rings (SSSR count). The minimum Gasteiger partial charge on any atom is -0.358 e. The maximum atomic E-state index is 10.7. The fourth-order valence-corrected chi connectivity index (χ4v) is 1.71. The number of para-hydroxylation sites is 2. The van der Waals surface area contributed by atoms with Gasteiger partial charge in [-0.2, -0.15) is 0 Å². The fourth-order valence-electron chi connectivity index (χ4n) is 1.71. The van der Waals surface area contributed by atoms with Gasteiger partial charge in [-0.1, -0.05) is 12.1 Å². The van der Waals surface area contributed by atoms with Gasteiger partial charge in [0.1, 0.15) is 0 Å². The van der Waals surface area contributed by atoms with Gasteiger partial charge in [0.25, 0.3) is 0 Å². The molecule has 1 unspecified atom stereocenters. The third-order valence-electron chi connectivity index (χ3n) is 2.32. The SMILES string of the molecule is CCN1c2ccccc2NC1C=O. The highest BCUT2D eigenvalue weighted by Gasteiger charge is 2.25. The van der Waals surface area contributed by atoms with Crippen LogP contribution < -0.4 is 10.2 Å². The van der Waals surface area contributed by atoms with Crippen LogP contribution in [0.3, 0.4) is 0 Å². The van der Waals surface area contributed by atoms with Gasteiger partial charge in [-0.3, -0.25) is 4.79 Å². The second-order valence-corrected chi connectivity index (χ2v) is 3.03. The predicted molar refractivity (Wildman–Crippen MR) is 52.9 cm³/mol. The monoisotopic (exact) mass is 176 g/mol. The lowest BCUT2D eigenvalue weighted by Crippen LogP contribution is -2.36. The van der Waals surface area contributed by atoms with Crippen molar-refractivity contribution in [3.63, 3.8) is 0 Å². The van der Waals surface area contributed by atoms with Gasteiger partial charge in [0.15, 0.2) is 12.5 Å². The van der Waals surface area contributed by atoms with E-state index in [4.69, 9.17) is 0 Å². The summed E-state index contributed by atoms with van der Waals surface area (Å²) in [4.78, 5) is 12.8. The van der Waals surface area contributed by atoms with E-state index in [-0.39, 0.29) is 6.17 Å². The number of fused-ring (bicyclic) bond motifs is 1. The number of anilines is 2. The molecular weight excluding hydrogens is 164 g/mol. The first kappa shape index (κ1) is 8.10. The molecule has 1 aromatic carbocycles. The zero-order valence-electron chi connectivity index (χ0n) is 7.53. The quantitative estimate of drug-likeness (QED) is 0.692. The van der Waals surface area contributed by atoms with E-state index in [0.717, 1.165) is 24.2 Å². The Morgan fingerprint density at radius 1 is 1.54 bits per heavy atom. The van der Waals surface area contributed by atoms with E-state index in [0.29, 0.717) is 0 Å². The summed E-state index contributed by atoms with van der Waals surface area (Å²) in [6.45, 7) is 2.88. The largest absolute Gasteiger partial charge is 0.358 e. The minimum absolute atomic E-state index is 0.192. The molecule has 0 saturated carbocycles. The number of aldehydes is 1. The van der Waals surface area contributed by atoms with E-state index in [2.05, 4.69) is 5.32 Å². The van der Waals surface area contributed by atoms with Crippen LogP contribution in [0, 0.1) is 0 Å². The number of likely N-dealkylation sites (N-methyl/N-ethyl adjacent to an activating group) is 1. The van der Waals surface area contributed by atoms with Crippen LogP contribution in [-0.4, -0.2) is 19.0 Å². The van der Waals surface area contributed by atoms with Crippen LogP contribution in [0.4, 0.5) is 11.4 Å². The molecule has 3 heteroatoms. The molecule has 0 aromatic heterocycles. The van der Waals surface area contributed by atoms with E-state index in [1.165, 1.54) is 0 Å². The third kappa shape index (κ3) is 1.16. The Balaban J connectivity index is 2.39. The molecular formula is C10H12N2O. The maximum absolute atomic E-state index is 10.7. The van der Waals surface area contributed by atoms with Gasteiger partial charge in [0, 0.05) is 6.54 Å². The van der Waals surface area contributed by atoms with Gasteiger partial charge in [-0.15, -0.1) is 0 Å². The molecule has 3 nitrogen and oxygen atoms in total. The molecule has 1 N–H and O–H groups in total. The molecule has 13 heavy (non-hydrogen) atoms. The topological polar surface area (TPSA) is 32.3 Å². The fraction of sp³-hybridized carbons (Fsp3) is 0.300. The van der Waals surface area contributed by atoms with Crippen LogP contribution in [0.2, 0.25) is 0 Å². The molecule has 0 spiro atoms. The normalized spacial score (nSPS) is 19.5. The Morgan fingerprint density at radius 3 is 3.00 bits per heavy atom. The van der Waals surface area contributed by atoms with Crippen molar-refractivity contribution in [1.29, 1.82) is 0 Å². The maximum Gasteiger partial charge on any atom is 0.162 e. The summed E-state index contributed by atoms with van der Waals surface area (Å²) in [7, 11) is 0. The number of rotatable bonds is 2. The first-order chi connectivity index (χ1) is 6.36. The summed E-state index contributed by atoms with van der Waals surface area (Å²) in [5.41, 5.74) is 2.16. The number of nitrogens with one attached hydrogen (secondary N) is 1. The Morgan fingerprint density at radius 2 is 2.31 bits per heavy atom. The van der Waals surface area contributed by atoms with Gasteiger partial charge in [0.2, 0.25) is 0 Å². The predicted octanol–water partition coefficient (Wildman–Crippen LogP) is 1.46. The van der Waals surface area contributed by atoms with Gasteiger partial charge in [0.05, 0.1) is 11.4 Å². The number of carbonyl (C=O) groups is 1. The summed E-state index contributed by atoms with van der Waals surface area (Å²) >= 11 is 0. The van der Waals surface area contributed by atoms with E-state index >= 15 is 0 Å². The highest BCUT2D eigenvalue weighted by atomic mass is 16.1. The van der Waals surface area contributed by atoms with E-state index in [1.54, 1.807) is 0 Å². The lowest BCUT2D eigenvalue weighted by molar-refractivity contribution is -0.108. The first-order valence-electron chi connectivity index (χ1n) is 4.44. The minimum atomic E-state index is -0.192. The van der Waals surface area contributed by atoms with Crippen LogP contribution in [0.1, 0.15) is 6.92 Å². The molecule has 0 radical (unpaired) electrons. The Labute approximate surface area is 77.4 Å². The number of carbonyl (C=O) groups excluding carboxylic acids is 1. The second-order valence-electron chi connectivity index (χ2n) is 3.03. The lowest BCUT2D eigenvalue weighted by Gasteiger charge is -2.20. The van der Waals surface area contributed by atoms with E-state index in [1.807, 2.05) is 36.1 Å². The second kappa shape index (κ2) is 3.09. The molecule has 0 amide bonds. The van der Waals surface area contributed by atoms with Crippen molar-refractivity contribution in [2.24, 2.45) is 0 Å². The summed E-state index contributed by atoms with van der Waals surface area (Å²) in [6, 6.07) is 7.96. The van der Waals surface area contributed by atoms with Crippen molar-refractivity contribution >= 4 is 17.7 Å². The molecule has 1 aliphatic rings. The first-order valence-corrected chi connectivity index (χ1v) is 4.44. The number of benzene rings is 1. The molecule has 1 heterocycles. The van der Waals surface area contributed by atoms with Crippen LogP contribution >= 0.6 is 0 Å². The summed E-state index contributed by atoms with van der Waals surface area (Å²) in [5, 5.41) is 3.14. The average Bonchev–Trinajstić information content (AvgIpc) is 2.55. The van der Waals surface area contributed by atoms with Crippen molar-refractivity contribution in [2.75, 3.05) is 16.8 Å². The Hall–Kier alpha value is -1.51. The van der Waals surface area contributed by atoms with Gasteiger partial charge >= 0.3 is 0 Å². The van der Waals surface area contributed by atoms with Crippen LogP contribution in [0.15, 0.2) is 24.3 Å². The van der Waals surface area contributed by atoms with Crippen LogP contribution in [-0.2, 0) is 4.79 Å². The number of nitrogens with zero attached hydrogens (tertiary/aromatic N) is 1. The van der Waals surface area contributed by atoms with Gasteiger partial charge in [-0.25, -0.2) is 0 Å². The zero-order chi connectivity index (χ0) is 9.26. The van der Waals surface area contributed by atoms with Crippen molar-refractivity contribution in [3.05, 3.63) is 24.3 Å². The van der Waals surface area contributed by atoms with Gasteiger partial charge in [-0.05, 0) is 19.1 Å². The molecule has 68 valence electrons. The summed E-state index contributed by atoms with van der Waals surface area (Å²) in [5.74, 6) is 0. The van der Waals surface area contributed by atoms with E-state index < -0.39 is 0 Å². The zero-order valence-corrected chi connectivity index (χ0v) is 7.53. The van der Waals surface area contributed by atoms with Crippen molar-refractivity contribution in [1.82, 2.24) is 0 Å². The number of hydrogen-bond acceptors (Lipinski definition) is 3. The molecule has 0 saturated heterocycles. The van der Waals surface area contributed by atoms with Gasteiger partial charge < -0.3 is 10.2 Å². The Kier molecular flexibility index (Phi) is 1.93. The molecule has 1 aromatic rings. The van der Waals surface area contributed by atoms with Crippen LogP contribution in [0.5, 0.6) is 0 Å². The highest BCUT2D eigenvalue weighted by Crippen LogP contribution is 2.32. The van der Waals surface area contributed by atoms with Crippen LogP contribution in [0.25, 0.3) is 0 Å². The molecule has 1 aliphatic heterocycles. The molecule has 0 bridgehead atoms. The third-order valence-corrected chi connectivity index (χ3v) is 2.32. The smallest absolute Gasteiger partial charge is 0.162 e. The highest BCUT2D eigenvalue weighted by molar-refractivity contribution is 5.84. The van der Waals surface area contributed by atoms with Crippen molar-refractivity contribution < 1.29 is 4.79 Å². The lowest BCUT2D eigenvalue weighted by atomic mass is 10.3. The summed E-state index contributed by atoms with van der Waals surface area (Å²) < 4.78 is 0. The Bertz CT molecular complexity index is 324. The standard InChI is InChI=1S/C10H12N2O/c1-2-12-9-6-4-3-5-8(9)11-10(12)7-13/h3-7,10-11H,2H2,1H3. The van der Waals surface area contributed by atoms with E-state index in [9.17, 15) is 4.79 Å². The average molecular weight is 176 g/mol. The van der Waals surface area contributed by atoms with Crippen molar-refractivity contribution in [3.8, 4) is 0 Å². The van der Waals surface area contributed by atoms with Crippen molar-refractivity contribution in [2.45, 2.75) is 13.1 Å². The summed E-state index contributed by atoms with van der Waals surface area (Å²) in [6.07, 6.45) is 0.742. The number of hydrogen-bond donors (Lipinski definition) is 1. The molecule has 1 atom stereocenters. The molecule has 0 fully saturated rings.